The molecule has 0 radical (unpaired) electrons. The van der Waals surface area contributed by atoms with Gasteiger partial charge in [0.15, 0.2) is 0 Å². The van der Waals surface area contributed by atoms with Gasteiger partial charge in [-0.1, -0.05) is 32.4 Å². The van der Waals surface area contributed by atoms with Gasteiger partial charge >= 0.3 is 0 Å². The fourth-order valence-electron chi connectivity index (χ4n) is 1.99. The third kappa shape index (κ3) is 3.43. The minimum Gasteiger partial charge on any atom is -0.372 e. The second-order valence-electron chi connectivity index (χ2n) is 4.86. The van der Waals surface area contributed by atoms with Gasteiger partial charge in [0.05, 0.1) is 5.69 Å². The van der Waals surface area contributed by atoms with Crippen LogP contribution in [0.3, 0.4) is 0 Å². The molecular formula is C14H23FN2. The highest BCUT2D eigenvalue weighted by atomic mass is 19.1. The number of rotatable bonds is 5. The molecule has 0 aromatic heterocycles. The molecule has 96 valence electrons. The zero-order valence-electron chi connectivity index (χ0n) is 11.2. The van der Waals surface area contributed by atoms with Gasteiger partial charge in [0.1, 0.15) is 5.82 Å². The van der Waals surface area contributed by atoms with Gasteiger partial charge in [0.2, 0.25) is 0 Å². The number of benzene rings is 1. The lowest BCUT2D eigenvalue weighted by atomic mass is 10.0. The zero-order valence-corrected chi connectivity index (χ0v) is 11.2. The third-order valence-corrected chi connectivity index (χ3v) is 3.17. The molecular weight excluding hydrogens is 215 g/mol. The zero-order chi connectivity index (χ0) is 13.0. The average Bonchev–Trinajstić information content (AvgIpc) is 2.28. The van der Waals surface area contributed by atoms with Crippen LogP contribution in [-0.4, -0.2) is 13.6 Å². The molecule has 2 nitrogen and oxygen atoms in total. The molecule has 0 amide bonds. The minimum atomic E-state index is -0.189. The Morgan fingerprint density at radius 2 is 2.00 bits per heavy atom. The first-order chi connectivity index (χ1) is 7.97. The summed E-state index contributed by atoms with van der Waals surface area (Å²) in [7, 11) is 1.93. The van der Waals surface area contributed by atoms with Gasteiger partial charge in [0.25, 0.3) is 0 Å². The van der Waals surface area contributed by atoms with Gasteiger partial charge in [0, 0.05) is 19.6 Å². The van der Waals surface area contributed by atoms with Crippen LogP contribution >= 0.6 is 0 Å². The predicted octanol–water partition coefficient (Wildman–Crippen LogP) is 3.33. The van der Waals surface area contributed by atoms with Crippen molar-refractivity contribution in [2.75, 3.05) is 18.5 Å². The summed E-state index contributed by atoms with van der Waals surface area (Å²) in [5.74, 6) is 0.353. The molecule has 0 spiro atoms. The molecule has 2 unspecified atom stereocenters. The van der Waals surface area contributed by atoms with E-state index in [1.807, 2.05) is 24.9 Å². The Kier molecular flexibility index (Phi) is 4.94. The summed E-state index contributed by atoms with van der Waals surface area (Å²) in [6.45, 7) is 7.04. The Bertz CT molecular complexity index is 363. The molecule has 0 saturated carbocycles. The number of nitrogens with two attached hydrogens (primary N) is 1. The lowest BCUT2D eigenvalue weighted by Crippen LogP contribution is -2.26. The highest BCUT2D eigenvalue weighted by Crippen LogP contribution is 2.28. The molecule has 3 heteroatoms. The van der Waals surface area contributed by atoms with Gasteiger partial charge in [-0.15, -0.1) is 0 Å². The van der Waals surface area contributed by atoms with E-state index in [4.69, 9.17) is 5.73 Å². The van der Waals surface area contributed by atoms with Crippen molar-refractivity contribution in [2.24, 2.45) is 11.7 Å². The van der Waals surface area contributed by atoms with E-state index in [9.17, 15) is 4.39 Å². The number of hydrogen-bond acceptors (Lipinski definition) is 2. The molecule has 0 saturated heterocycles. The van der Waals surface area contributed by atoms with Gasteiger partial charge < -0.3 is 10.6 Å². The van der Waals surface area contributed by atoms with Crippen molar-refractivity contribution in [2.45, 2.75) is 33.2 Å². The van der Waals surface area contributed by atoms with E-state index < -0.39 is 0 Å². The molecule has 0 fully saturated rings. The quantitative estimate of drug-likeness (QED) is 0.852. The smallest absolute Gasteiger partial charge is 0.146 e. The first-order valence-electron chi connectivity index (χ1n) is 6.22. The van der Waals surface area contributed by atoms with E-state index in [2.05, 4.69) is 13.8 Å². The molecule has 0 bridgehead atoms. The summed E-state index contributed by atoms with van der Waals surface area (Å²) in [5.41, 5.74) is 7.40. The molecule has 17 heavy (non-hydrogen) atoms. The second kappa shape index (κ2) is 6.01. The molecule has 0 aliphatic carbocycles. The second-order valence-corrected chi connectivity index (χ2v) is 4.86. The number of nitrogens with zero attached hydrogens (tertiary/aromatic N) is 1. The van der Waals surface area contributed by atoms with Crippen LogP contribution in [0.1, 0.15) is 38.8 Å². The molecule has 2 atom stereocenters. The first kappa shape index (κ1) is 14.0. The van der Waals surface area contributed by atoms with Crippen molar-refractivity contribution in [1.82, 2.24) is 0 Å². The summed E-state index contributed by atoms with van der Waals surface area (Å²) in [6.07, 6.45) is 1.09. The van der Waals surface area contributed by atoms with Crippen LogP contribution in [-0.2, 0) is 0 Å². The normalized spacial score (nSPS) is 14.5. The summed E-state index contributed by atoms with van der Waals surface area (Å²) < 4.78 is 13.9. The number of hydrogen-bond donors (Lipinski definition) is 1. The van der Waals surface area contributed by atoms with E-state index in [-0.39, 0.29) is 11.9 Å². The summed E-state index contributed by atoms with van der Waals surface area (Å²) in [4.78, 5) is 1.97. The van der Waals surface area contributed by atoms with Crippen molar-refractivity contribution >= 4 is 5.69 Å². The summed E-state index contributed by atoms with van der Waals surface area (Å²) in [6, 6.07) is 4.96. The van der Waals surface area contributed by atoms with Crippen LogP contribution in [0.2, 0.25) is 0 Å². The van der Waals surface area contributed by atoms with Crippen molar-refractivity contribution < 1.29 is 4.39 Å². The average molecular weight is 238 g/mol. The fourth-order valence-corrected chi connectivity index (χ4v) is 1.99. The van der Waals surface area contributed by atoms with Crippen LogP contribution in [0.4, 0.5) is 10.1 Å². The first-order valence-corrected chi connectivity index (χ1v) is 6.22. The van der Waals surface area contributed by atoms with E-state index in [0.717, 1.165) is 18.5 Å². The predicted molar refractivity (Wildman–Crippen MR) is 71.7 cm³/mol. The monoisotopic (exact) mass is 238 g/mol. The van der Waals surface area contributed by atoms with Crippen LogP contribution in [0, 0.1) is 11.7 Å². The molecule has 1 aromatic carbocycles. The maximum atomic E-state index is 13.9. The lowest BCUT2D eigenvalue weighted by Gasteiger charge is -2.26. The summed E-state index contributed by atoms with van der Waals surface area (Å²) in [5, 5.41) is 0. The highest BCUT2D eigenvalue weighted by Gasteiger charge is 2.16. The van der Waals surface area contributed by atoms with E-state index in [1.165, 1.54) is 6.07 Å². The molecule has 2 N–H and O–H groups in total. The van der Waals surface area contributed by atoms with Crippen LogP contribution in [0.25, 0.3) is 0 Å². The Morgan fingerprint density at radius 1 is 1.35 bits per heavy atom. The molecule has 1 rings (SSSR count). The maximum absolute atomic E-state index is 13.9. The Labute approximate surface area is 104 Å². The SMILES string of the molecule is CCC(C)CN(C)c1c(F)cccc1C(C)N. The number of halogens is 1. The van der Waals surface area contributed by atoms with Crippen LogP contribution in [0.15, 0.2) is 18.2 Å². The van der Waals surface area contributed by atoms with Gasteiger partial charge in [-0.3, -0.25) is 0 Å². The fraction of sp³-hybridized carbons (Fsp3) is 0.571. The van der Waals surface area contributed by atoms with Crippen molar-refractivity contribution in [3.63, 3.8) is 0 Å². The number of para-hydroxylation sites is 1. The highest BCUT2D eigenvalue weighted by molar-refractivity contribution is 5.55. The van der Waals surface area contributed by atoms with Gasteiger partial charge in [-0.25, -0.2) is 4.39 Å². The van der Waals surface area contributed by atoms with Gasteiger partial charge in [-0.05, 0) is 24.5 Å². The van der Waals surface area contributed by atoms with Crippen molar-refractivity contribution in [3.8, 4) is 0 Å². The molecule has 0 heterocycles. The van der Waals surface area contributed by atoms with Gasteiger partial charge in [-0.2, -0.15) is 0 Å². The Balaban J connectivity index is 3.02. The summed E-state index contributed by atoms with van der Waals surface area (Å²) >= 11 is 0. The molecule has 0 aliphatic heterocycles. The topological polar surface area (TPSA) is 29.3 Å². The van der Waals surface area contributed by atoms with E-state index in [1.54, 1.807) is 6.07 Å². The van der Waals surface area contributed by atoms with Crippen LogP contribution in [0.5, 0.6) is 0 Å². The third-order valence-electron chi connectivity index (χ3n) is 3.17. The lowest BCUT2D eigenvalue weighted by molar-refractivity contribution is 0.547. The molecule has 0 aliphatic rings. The van der Waals surface area contributed by atoms with Crippen molar-refractivity contribution in [1.29, 1.82) is 0 Å². The Morgan fingerprint density at radius 3 is 2.53 bits per heavy atom. The van der Waals surface area contributed by atoms with Crippen LogP contribution < -0.4 is 10.6 Å². The standard InChI is InChI=1S/C14H23FN2/c1-5-10(2)9-17(4)14-12(11(3)16)7-6-8-13(14)15/h6-8,10-11H,5,9,16H2,1-4H3. The molecule has 1 aromatic rings. The van der Waals surface area contributed by atoms with E-state index >= 15 is 0 Å². The minimum absolute atomic E-state index is 0.153. The Hall–Kier alpha value is -1.09. The number of anilines is 1. The van der Waals surface area contributed by atoms with Crippen molar-refractivity contribution in [3.05, 3.63) is 29.6 Å². The largest absolute Gasteiger partial charge is 0.372 e. The maximum Gasteiger partial charge on any atom is 0.146 e. The van der Waals surface area contributed by atoms with E-state index in [0.29, 0.717) is 11.6 Å².